The number of carbonyl (C=O) groups is 8. The largest absolute Gasteiger partial charge is 0.508 e. The third kappa shape index (κ3) is 19.1. The van der Waals surface area contributed by atoms with Crippen molar-refractivity contribution >= 4 is 47.6 Å². The Morgan fingerprint density at radius 3 is 1.26 bits per heavy atom. The highest BCUT2D eigenvalue weighted by molar-refractivity contribution is 5.86. The summed E-state index contributed by atoms with van der Waals surface area (Å²) in [5.74, 6) is -4.46. The molecular weight excluding hydrogens is 905 g/mol. The fraction of sp³-hybridized carbons (Fsp3) is 0.283. The smallest absolute Gasteiger partial charge is 0.329 e. The number of rotatable bonds is 26. The van der Waals surface area contributed by atoms with Gasteiger partial charge in [-0.2, -0.15) is 0 Å². The van der Waals surface area contributed by atoms with E-state index in [-0.39, 0.29) is 99.9 Å². The molecule has 70 heavy (non-hydrogen) atoms. The second kappa shape index (κ2) is 27.5. The predicted molar refractivity (Wildman–Crippen MR) is 251 cm³/mol. The molecule has 0 bridgehead atoms. The van der Waals surface area contributed by atoms with E-state index in [1.807, 2.05) is 18.2 Å². The van der Waals surface area contributed by atoms with Crippen LogP contribution >= 0.6 is 0 Å². The molecule has 366 valence electrons. The number of ether oxygens (including phenoxy) is 5. The van der Waals surface area contributed by atoms with E-state index in [1.165, 1.54) is 36.4 Å². The number of phenolic OH excluding ortho intramolecular Hbond substituents is 1. The zero-order valence-electron chi connectivity index (χ0n) is 38.5. The lowest BCUT2D eigenvalue weighted by Crippen LogP contribution is -2.43. The standard InChI is InChI=1S/C53H54N2O15/c1-2-66-52(64)44(54-46(57)26-16-35-8-18-40(56)19-9-35)32-37-12-24-43(25-13-37)70-51(63)31-30-50(62)69-41-20-10-36(11-21-41)17-27-47(58)55-45(53(65)67-34-39-6-4-3-5-7-39)33-38-14-22-42(23-15-38)68-49(61)29-28-48(59)60/h3-15,18-25,44-45,56H,2,16-17,26-34H2,1H3,(H,54,57)(H,55,58)(H,59,60). The topological polar surface area (TPSA) is 247 Å². The minimum absolute atomic E-state index is 0.00724. The van der Waals surface area contributed by atoms with Gasteiger partial charge in [-0.1, -0.05) is 78.9 Å². The van der Waals surface area contributed by atoms with Gasteiger partial charge in [0, 0.05) is 25.7 Å². The molecule has 0 saturated heterocycles. The van der Waals surface area contributed by atoms with Gasteiger partial charge >= 0.3 is 35.8 Å². The first-order valence-corrected chi connectivity index (χ1v) is 22.6. The second-order valence-corrected chi connectivity index (χ2v) is 15.9. The highest BCUT2D eigenvalue weighted by Gasteiger charge is 2.25. The molecule has 0 heterocycles. The molecule has 2 atom stereocenters. The number of esters is 5. The Hall–Kier alpha value is -8.34. The number of aryl methyl sites for hydroxylation is 2. The Kier molecular flexibility index (Phi) is 20.7. The number of phenols is 1. The summed E-state index contributed by atoms with van der Waals surface area (Å²) >= 11 is 0. The molecule has 0 saturated carbocycles. The highest BCUT2D eigenvalue weighted by Crippen LogP contribution is 2.19. The molecule has 4 N–H and O–H groups in total. The van der Waals surface area contributed by atoms with Crippen LogP contribution in [0.25, 0.3) is 0 Å². The molecule has 0 aliphatic carbocycles. The first-order valence-electron chi connectivity index (χ1n) is 22.6. The summed E-state index contributed by atoms with van der Waals surface area (Å²) in [6.07, 6.45) is -0.197. The highest BCUT2D eigenvalue weighted by atomic mass is 16.6. The molecule has 2 unspecified atom stereocenters. The molecule has 0 aliphatic heterocycles. The fourth-order valence-corrected chi connectivity index (χ4v) is 6.71. The van der Waals surface area contributed by atoms with Crippen LogP contribution in [-0.4, -0.2) is 76.5 Å². The van der Waals surface area contributed by atoms with Crippen molar-refractivity contribution in [3.63, 3.8) is 0 Å². The summed E-state index contributed by atoms with van der Waals surface area (Å²) in [5.41, 5.74) is 3.64. The summed E-state index contributed by atoms with van der Waals surface area (Å²) in [5, 5.41) is 23.8. The first-order chi connectivity index (χ1) is 33.7. The van der Waals surface area contributed by atoms with E-state index in [2.05, 4.69) is 10.6 Å². The monoisotopic (exact) mass is 958 g/mol. The number of amides is 2. The zero-order chi connectivity index (χ0) is 50.3. The zero-order valence-corrected chi connectivity index (χ0v) is 38.5. The molecule has 5 rings (SSSR count). The van der Waals surface area contributed by atoms with Gasteiger partial charge in [0.25, 0.3) is 0 Å². The lowest BCUT2D eigenvalue weighted by atomic mass is 10.0. The predicted octanol–water partition coefficient (Wildman–Crippen LogP) is 6.08. The number of nitrogens with one attached hydrogen (secondary N) is 2. The van der Waals surface area contributed by atoms with Crippen molar-refractivity contribution in [1.29, 1.82) is 0 Å². The third-order valence-electron chi connectivity index (χ3n) is 10.4. The van der Waals surface area contributed by atoms with Crippen LogP contribution in [0.4, 0.5) is 0 Å². The number of aromatic hydroxyl groups is 1. The van der Waals surface area contributed by atoms with Crippen molar-refractivity contribution in [2.45, 2.75) is 89.8 Å². The Bertz CT molecular complexity index is 2550. The van der Waals surface area contributed by atoms with Crippen LogP contribution in [0.1, 0.15) is 73.3 Å². The summed E-state index contributed by atoms with van der Waals surface area (Å²) in [6, 6.07) is 32.6. The van der Waals surface area contributed by atoms with Crippen molar-refractivity contribution in [1.82, 2.24) is 10.6 Å². The summed E-state index contributed by atoms with van der Waals surface area (Å²) in [4.78, 5) is 99.7. The van der Waals surface area contributed by atoms with Gasteiger partial charge in [0.05, 0.1) is 32.3 Å². The van der Waals surface area contributed by atoms with E-state index < -0.39 is 53.8 Å². The van der Waals surface area contributed by atoms with Crippen LogP contribution in [0.15, 0.2) is 127 Å². The van der Waals surface area contributed by atoms with E-state index in [0.29, 0.717) is 17.5 Å². The number of carboxylic acids is 1. The van der Waals surface area contributed by atoms with E-state index in [9.17, 15) is 43.5 Å². The van der Waals surface area contributed by atoms with Crippen LogP contribution in [0, 0.1) is 0 Å². The van der Waals surface area contributed by atoms with Crippen molar-refractivity contribution < 1.29 is 72.3 Å². The van der Waals surface area contributed by atoms with Crippen molar-refractivity contribution in [2.75, 3.05) is 6.61 Å². The van der Waals surface area contributed by atoms with E-state index in [1.54, 1.807) is 79.7 Å². The van der Waals surface area contributed by atoms with Gasteiger partial charge in [-0.25, -0.2) is 9.59 Å². The molecule has 0 aliphatic rings. The van der Waals surface area contributed by atoms with Crippen LogP contribution < -0.4 is 24.8 Å². The molecule has 5 aromatic rings. The van der Waals surface area contributed by atoms with Crippen LogP contribution in [0.3, 0.4) is 0 Å². The number of carboxylic acid groups (broad SMARTS) is 1. The van der Waals surface area contributed by atoms with Gasteiger partial charge in [-0.15, -0.1) is 0 Å². The Morgan fingerprint density at radius 2 is 0.843 bits per heavy atom. The normalized spacial score (nSPS) is 11.5. The second-order valence-electron chi connectivity index (χ2n) is 15.9. The van der Waals surface area contributed by atoms with Gasteiger partial charge in [-0.3, -0.25) is 28.8 Å². The number of hydrogen-bond acceptors (Lipinski definition) is 14. The average Bonchev–Trinajstić information content (AvgIpc) is 3.35. The molecule has 0 spiro atoms. The summed E-state index contributed by atoms with van der Waals surface area (Å²) < 4.78 is 26.7. The lowest BCUT2D eigenvalue weighted by molar-refractivity contribution is -0.149. The molecule has 0 radical (unpaired) electrons. The minimum Gasteiger partial charge on any atom is -0.508 e. The fourth-order valence-electron chi connectivity index (χ4n) is 6.71. The first kappa shape index (κ1) is 52.6. The summed E-state index contributed by atoms with van der Waals surface area (Å²) in [7, 11) is 0. The third-order valence-corrected chi connectivity index (χ3v) is 10.4. The van der Waals surface area contributed by atoms with Crippen LogP contribution in [0.2, 0.25) is 0 Å². The van der Waals surface area contributed by atoms with Gasteiger partial charge in [-0.05, 0) is 96.1 Å². The summed E-state index contributed by atoms with van der Waals surface area (Å²) in [6.45, 7) is 1.79. The lowest BCUT2D eigenvalue weighted by Gasteiger charge is -2.18. The minimum atomic E-state index is -1.12. The maximum Gasteiger partial charge on any atom is 0.329 e. The van der Waals surface area contributed by atoms with Gasteiger partial charge in [0.2, 0.25) is 11.8 Å². The van der Waals surface area contributed by atoms with Gasteiger partial charge in [0.1, 0.15) is 41.7 Å². The van der Waals surface area contributed by atoms with Gasteiger partial charge in [0.15, 0.2) is 0 Å². The maximum atomic E-state index is 13.3. The Balaban J connectivity index is 1.05. The number of aliphatic carboxylic acids is 1. The Morgan fingerprint density at radius 1 is 0.457 bits per heavy atom. The van der Waals surface area contributed by atoms with Crippen LogP contribution in [-0.2, 0) is 80.1 Å². The Labute approximate surface area is 404 Å². The molecule has 17 heteroatoms. The number of benzene rings is 5. The molecule has 17 nitrogen and oxygen atoms in total. The number of carbonyl (C=O) groups excluding carboxylic acids is 7. The molecular formula is C53H54N2O15. The average molecular weight is 959 g/mol. The molecule has 0 aromatic heterocycles. The van der Waals surface area contributed by atoms with Gasteiger partial charge < -0.3 is 44.5 Å². The number of hydrogen-bond donors (Lipinski definition) is 4. The van der Waals surface area contributed by atoms with Crippen molar-refractivity contribution in [2.24, 2.45) is 0 Å². The molecule has 2 amide bonds. The van der Waals surface area contributed by atoms with E-state index in [4.69, 9.17) is 28.8 Å². The molecule has 5 aromatic carbocycles. The quantitative estimate of drug-likeness (QED) is 0.0362. The maximum absolute atomic E-state index is 13.3. The van der Waals surface area contributed by atoms with E-state index >= 15 is 0 Å². The molecule has 0 fully saturated rings. The van der Waals surface area contributed by atoms with Crippen molar-refractivity contribution in [3.8, 4) is 23.0 Å². The van der Waals surface area contributed by atoms with Crippen molar-refractivity contribution in [3.05, 3.63) is 155 Å². The van der Waals surface area contributed by atoms with Crippen LogP contribution in [0.5, 0.6) is 23.0 Å². The SMILES string of the molecule is CCOC(=O)C(Cc1ccc(OC(=O)CCC(=O)Oc2ccc(CCC(=O)NC(Cc3ccc(OC(=O)CCC(=O)O)cc3)C(=O)OCc3ccccc3)cc2)cc1)NC(=O)CCc1ccc(O)cc1. The van der Waals surface area contributed by atoms with E-state index in [0.717, 1.165) is 16.7 Å².